The number of rotatable bonds is 9. The maximum atomic E-state index is 9.17. The van der Waals surface area contributed by atoms with Gasteiger partial charge in [0.2, 0.25) is 0 Å². The second kappa shape index (κ2) is 9.44. The van der Waals surface area contributed by atoms with Gasteiger partial charge in [0.05, 0.1) is 12.7 Å². The fourth-order valence-electron chi connectivity index (χ4n) is 1.34. The van der Waals surface area contributed by atoms with Crippen LogP contribution in [0.25, 0.3) is 0 Å². The summed E-state index contributed by atoms with van der Waals surface area (Å²) in [7, 11) is 0. The Morgan fingerprint density at radius 2 is 2.00 bits per heavy atom. The maximum Gasteiger partial charge on any atom is 0.0895 e. The summed E-state index contributed by atoms with van der Waals surface area (Å²) in [5.74, 6) is 0.639. The Kier molecular flexibility index (Phi) is 9.35. The molecule has 0 aromatic rings. The zero-order chi connectivity index (χ0) is 10.8. The van der Waals surface area contributed by atoms with Crippen molar-refractivity contribution in [3.63, 3.8) is 0 Å². The molecule has 0 rings (SSSR count). The lowest BCUT2D eigenvalue weighted by Gasteiger charge is -2.16. The second-order valence-corrected chi connectivity index (χ2v) is 3.84. The van der Waals surface area contributed by atoms with Gasteiger partial charge in [-0.25, -0.2) is 0 Å². The zero-order valence-corrected chi connectivity index (χ0v) is 9.54. The van der Waals surface area contributed by atoms with Crippen LogP contribution in [0, 0.1) is 5.92 Å². The maximum absolute atomic E-state index is 9.17. The van der Waals surface area contributed by atoms with Crippen molar-refractivity contribution in [3.8, 4) is 0 Å². The van der Waals surface area contributed by atoms with Gasteiger partial charge in [0.25, 0.3) is 0 Å². The zero-order valence-electron chi connectivity index (χ0n) is 9.54. The van der Waals surface area contributed by atoms with Gasteiger partial charge in [0.1, 0.15) is 0 Å². The molecule has 0 radical (unpaired) electrons. The van der Waals surface area contributed by atoms with Crippen LogP contribution in [0.2, 0.25) is 0 Å². The molecule has 0 amide bonds. The minimum atomic E-state index is -0.501. The van der Waals surface area contributed by atoms with E-state index in [0.29, 0.717) is 12.5 Å². The number of aliphatic hydroxyl groups is 1. The monoisotopic (exact) mass is 203 g/mol. The molecule has 0 heterocycles. The molecule has 0 aromatic heterocycles. The molecule has 3 nitrogen and oxygen atoms in total. The van der Waals surface area contributed by atoms with E-state index in [1.165, 1.54) is 19.3 Å². The van der Waals surface area contributed by atoms with Gasteiger partial charge >= 0.3 is 0 Å². The molecular weight excluding hydrogens is 178 g/mol. The highest BCUT2D eigenvalue weighted by molar-refractivity contribution is 4.58. The third-order valence-corrected chi connectivity index (χ3v) is 2.48. The van der Waals surface area contributed by atoms with Crippen molar-refractivity contribution in [2.24, 2.45) is 11.7 Å². The first-order valence-electron chi connectivity index (χ1n) is 5.70. The quantitative estimate of drug-likeness (QED) is 0.597. The molecule has 14 heavy (non-hydrogen) atoms. The van der Waals surface area contributed by atoms with E-state index in [0.717, 1.165) is 13.0 Å². The number of hydrogen-bond acceptors (Lipinski definition) is 3. The molecule has 0 saturated carbocycles. The van der Waals surface area contributed by atoms with Crippen LogP contribution in [0.15, 0.2) is 0 Å². The number of hydrogen-bond donors (Lipinski definition) is 2. The molecule has 2 atom stereocenters. The lowest BCUT2D eigenvalue weighted by Crippen LogP contribution is -2.26. The first kappa shape index (κ1) is 13.9. The summed E-state index contributed by atoms with van der Waals surface area (Å²) in [6, 6.07) is 0. The van der Waals surface area contributed by atoms with E-state index in [-0.39, 0.29) is 6.54 Å². The SMILES string of the molecule is CCCC[C@H](CC)COC[C@H](O)CN. The van der Waals surface area contributed by atoms with Crippen LogP contribution in [0.1, 0.15) is 39.5 Å². The molecule has 0 unspecified atom stereocenters. The van der Waals surface area contributed by atoms with Crippen molar-refractivity contribution in [2.75, 3.05) is 19.8 Å². The molecule has 86 valence electrons. The van der Waals surface area contributed by atoms with E-state index in [1.807, 2.05) is 0 Å². The molecule has 0 aliphatic carbocycles. The number of ether oxygens (including phenoxy) is 1. The molecule has 0 fully saturated rings. The Hall–Kier alpha value is -0.120. The van der Waals surface area contributed by atoms with Crippen LogP contribution in [0.3, 0.4) is 0 Å². The summed E-state index contributed by atoms with van der Waals surface area (Å²) in [5, 5.41) is 9.17. The minimum Gasteiger partial charge on any atom is -0.389 e. The predicted molar refractivity (Wildman–Crippen MR) is 59.2 cm³/mol. The fraction of sp³-hybridized carbons (Fsp3) is 1.00. The van der Waals surface area contributed by atoms with Crippen LogP contribution in [-0.2, 0) is 4.74 Å². The summed E-state index contributed by atoms with van der Waals surface area (Å²) in [4.78, 5) is 0. The van der Waals surface area contributed by atoms with Crippen molar-refractivity contribution in [3.05, 3.63) is 0 Å². The summed E-state index contributed by atoms with van der Waals surface area (Å²) in [6.45, 7) is 5.80. The lowest BCUT2D eigenvalue weighted by atomic mass is 10.0. The van der Waals surface area contributed by atoms with Gasteiger partial charge in [-0.2, -0.15) is 0 Å². The molecule has 3 N–H and O–H groups in total. The Bertz CT molecular complexity index is 120. The summed E-state index contributed by atoms with van der Waals surface area (Å²) in [5.41, 5.74) is 5.27. The minimum absolute atomic E-state index is 0.283. The van der Waals surface area contributed by atoms with Crippen LogP contribution in [-0.4, -0.2) is 31.0 Å². The van der Waals surface area contributed by atoms with E-state index in [1.54, 1.807) is 0 Å². The van der Waals surface area contributed by atoms with Crippen LogP contribution >= 0.6 is 0 Å². The first-order chi connectivity index (χ1) is 6.74. The number of nitrogens with two attached hydrogens (primary N) is 1. The molecule has 0 aromatic carbocycles. The molecule has 0 aliphatic rings. The fourth-order valence-corrected chi connectivity index (χ4v) is 1.34. The van der Waals surface area contributed by atoms with E-state index in [2.05, 4.69) is 13.8 Å². The highest BCUT2D eigenvalue weighted by atomic mass is 16.5. The normalized spacial score (nSPS) is 15.4. The Labute approximate surface area is 87.6 Å². The lowest BCUT2D eigenvalue weighted by molar-refractivity contribution is 0.0228. The van der Waals surface area contributed by atoms with Gasteiger partial charge in [0, 0.05) is 13.2 Å². The van der Waals surface area contributed by atoms with Crippen molar-refractivity contribution in [1.82, 2.24) is 0 Å². The average Bonchev–Trinajstić information content (AvgIpc) is 2.22. The molecule has 3 heteroatoms. The molecule has 0 aliphatic heterocycles. The van der Waals surface area contributed by atoms with Crippen LogP contribution in [0.5, 0.6) is 0 Å². The Morgan fingerprint density at radius 1 is 1.29 bits per heavy atom. The highest BCUT2D eigenvalue weighted by Gasteiger charge is 2.07. The van der Waals surface area contributed by atoms with E-state index >= 15 is 0 Å². The van der Waals surface area contributed by atoms with E-state index < -0.39 is 6.10 Å². The van der Waals surface area contributed by atoms with Crippen molar-refractivity contribution in [2.45, 2.75) is 45.6 Å². The molecule has 0 spiro atoms. The average molecular weight is 203 g/mol. The molecular formula is C11H25NO2. The van der Waals surface area contributed by atoms with Crippen molar-refractivity contribution in [1.29, 1.82) is 0 Å². The number of unbranched alkanes of at least 4 members (excludes halogenated alkanes) is 1. The third-order valence-electron chi connectivity index (χ3n) is 2.48. The van der Waals surface area contributed by atoms with Gasteiger partial charge in [0.15, 0.2) is 0 Å². The van der Waals surface area contributed by atoms with Crippen molar-refractivity contribution >= 4 is 0 Å². The molecule has 0 bridgehead atoms. The Morgan fingerprint density at radius 3 is 2.50 bits per heavy atom. The standard InChI is InChI=1S/C11H25NO2/c1-3-5-6-10(4-2)8-14-9-11(13)7-12/h10-11,13H,3-9,12H2,1-2H3/t10-,11+/m0/s1. The third kappa shape index (κ3) is 7.30. The first-order valence-corrected chi connectivity index (χ1v) is 5.70. The van der Waals surface area contributed by atoms with Gasteiger partial charge in [-0.15, -0.1) is 0 Å². The smallest absolute Gasteiger partial charge is 0.0895 e. The Balaban J connectivity index is 3.42. The molecule has 0 saturated heterocycles. The number of aliphatic hydroxyl groups excluding tert-OH is 1. The highest BCUT2D eigenvalue weighted by Crippen LogP contribution is 2.12. The van der Waals surface area contributed by atoms with Crippen LogP contribution in [0.4, 0.5) is 0 Å². The predicted octanol–water partition coefficient (Wildman–Crippen LogP) is 1.54. The van der Waals surface area contributed by atoms with Gasteiger partial charge in [-0.1, -0.05) is 33.1 Å². The summed E-state index contributed by atoms with van der Waals surface area (Å²) in [6.07, 6.45) is 4.38. The van der Waals surface area contributed by atoms with Gasteiger partial charge in [-0.05, 0) is 12.3 Å². The largest absolute Gasteiger partial charge is 0.389 e. The summed E-state index contributed by atoms with van der Waals surface area (Å²) >= 11 is 0. The van der Waals surface area contributed by atoms with E-state index in [9.17, 15) is 0 Å². The summed E-state index contributed by atoms with van der Waals surface area (Å²) < 4.78 is 5.41. The van der Waals surface area contributed by atoms with E-state index in [4.69, 9.17) is 15.6 Å². The van der Waals surface area contributed by atoms with Crippen molar-refractivity contribution < 1.29 is 9.84 Å². The topological polar surface area (TPSA) is 55.5 Å². The van der Waals surface area contributed by atoms with Gasteiger partial charge in [-0.3, -0.25) is 0 Å². The second-order valence-electron chi connectivity index (χ2n) is 3.84. The van der Waals surface area contributed by atoms with Gasteiger partial charge < -0.3 is 15.6 Å². The van der Waals surface area contributed by atoms with Crippen LogP contribution < -0.4 is 5.73 Å².